The van der Waals surface area contributed by atoms with Gasteiger partial charge in [-0.3, -0.25) is 19.2 Å². The van der Waals surface area contributed by atoms with Gasteiger partial charge in [0.1, 0.15) is 25.0 Å². The number of esters is 2. The average molecular weight is 849 g/mol. The highest BCUT2D eigenvalue weighted by Crippen LogP contribution is 2.16. The van der Waals surface area contributed by atoms with Crippen LogP contribution in [0.4, 0.5) is 0 Å². The summed E-state index contributed by atoms with van der Waals surface area (Å²) in [6.45, 7) is 6.94. The van der Waals surface area contributed by atoms with Crippen LogP contribution < -0.4 is 10.6 Å². The van der Waals surface area contributed by atoms with Crippen LogP contribution in [0, 0.1) is 0 Å². The zero-order chi connectivity index (χ0) is 44.3. The Morgan fingerprint density at radius 2 is 0.700 bits per heavy atom. The number of ether oxygens (including phenoxy) is 2. The zero-order valence-corrected chi connectivity index (χ0v) is 39.3. The SMILES string of the molecule is CCCCCCCCCCCCCCCCCC(=O)NC(CCC(=O)OCCOC(=O)C(CCC(C)=O)NC(=O)CCCCCCCCCCCCCCCCC)C(C)=O. The summed E-state index contributed by atoms with van der Waals surface area (Å²) in [5.41, 5.74) is 0. The monoisotopic (exact) mass is 849 g/mol. The first-order valence-corrected chi connectivity index (χ1v) is 25.0. The van der Waals surface area contributed by atoms with E-state index in [9.17, 15) is 28.8 Å². The smallest absolute Gasteiger partial charge is 0.328 e. The third-order valence-corrected chi connectivity index (χ3v) is 11.5. The predicted molar refractivity (Wildman–Crippen MR) is 245 cm³/mol. The Hall–Kier alpha value is -2.78. The molecule has 10 heteroatoms. The van der Waals surface area contributed by atoms with Crippen LogP contribution in [0.2, 0.25) is 0 Å². The highest BCUT2D eigenvalue weighted by Gasteiger charge is 2.23. The molecule has 2 N–H and O–H groups in total. The summed E-state index contributed by atoms with van der Waals surface area (Å²) in [4.78, 5) is 74.1. The van der Waals surface area contributed by atoms with Crippen LogP contribution in [0.25, 0.3) is 0 Å². The quantitative estimate of drug-likeness (QED) is 0.0455. The molecule has 0 rings (SSSR count). The van der Waals surface area contributed by atoms with E-state index in [0.717, 1.165) is 38.5 Å². The largest absolute Gasteiger partial charge is 0.462 e. The molecular weight excluding hydrogens is 757 g/mol. The van der Waals surface area contributed by atoms with Gasteiger partial charge in [-0.15, -0.1) is 0 Å². The molecule has 0 aromatic carbocycles. The van der Waals surface area contributed by atoms with Crippen LogP contribution in [0.5, 0.6) is 0 Å². The topological polar surface area (TPSA) is 145 Å². The highest BCUT2D eigenvalue weighted by atomic mass is 16.6. The van der Waals surface area contributed by atoms with Crippen LogP contribution in [-0.4, -0.2) is 60.6 Å². The Balaban J connectivity index is 4.14. The second-order valence-electron chi connectivity index (χ2n) is 17.4. The van der Waals surface area contributed by atoms with Crippen molar-refractivity contribution in [1.29, 1.82) is 0 Å². The molecule has 0 bridgehead atoms. The van der Waals surface area contributed by atoms with Gasteiger partial charge in [-0.25, -0.2) is 4.79 Å². The summed E-state index contributed by atoms with van der Waals surface area (Å²) in [5.74, 6) is -2.00. The van der Waals surface area contributed by atoms with Crippen molar-refractivity contribution in [1.82, 2.24) is 10.6 Å². The molecular formula is C50H92N2O8. The molecule has 2 atom stereocenters. The second-order valence-corrected chi connectivity index (χ2v) is 17.4. The normalized spacial score (nSPS) is 12.1. The summed E-state index contributed by atoms with van der Waals surface area (Å²) < 4.78 is 10.5. The lowest BCUT2D eigenvalue weighted by molar-refractivity contribution is -0.154. The van der Waals surface area contributed by atoms with Gasteiger partial charge in [0.15, 0.2) is 5.78 Å². The molecule has 0 saturated heterocycles. The van der Waals surface area contributed by atoms with E-state index in [4.69, 9.17) is 9.47 Å². The molecule has 0 radical (unpaired) electrons. The standard InChI is InChI=1S/C50H92N2O8/c1-5-7-9-11-13-15-17-19-21-23-25-27-29-31-33-35-47(55)51-45(44(4)54)39-40-49(57)59-41-42-60-50(58)46(38-37-43(3)53)52-48(56)36-34-32-30-28-26-24-22-20-18-16-14-12-10-8-6-2/h45-46H,5-42H2,1-4H3,(H,51,55)(H,52,56). The molecule has 60 heavy (non-hydrogen) atoms. The molecule has 0 aromatic rings. The lowest BCUT2D eigenvalue weighted by Gasteiger charge is -2.18. The molecule has 2 unspecified atom stereocenters. The fourth-order valence-corrected chi connectivity index (χ4v) is 7.55. The minimum Gasteiger partial charge on any atom is -0.462 e. The van der Waals surface area contributed by atoms with E-state index in [1.54, 1.807) is 0 Å². The Morgan fingerprint density at radius 1 is 0.383 bits per heavy atom. The molecule has 350 valence electrons. The van der Waals surface area contributed by atoms with Crippen LogP contribution in [0.15, 0.2) is 0 Å². The van der Waals surface area contributed by atoms with E-state index in [-0.39, 0.29) is 62.3 Å². The van der Waals surface area contributed by atoms with E-state index in [0.29, 0.717) is 12.8 Å². The van der Waals surface area contributed by atoms with Crippen LogP contribution in [-0.2, 0) is 38.2 Å². The van der Waals surface area contributed by atoms with Gasteiger partial charge < -0.3 is 24.9 Å². The van der Waals surface area contributed by atoms with E-state index in [2.05, 4.69) is 24.5 Å². The van der Waals surface area contributed by atoms with Gasteiger partial charge in [0.05, 0.1) is 6.04 Å². The maximum Gasteiger partial charge on any atom is 0.328 e. The van der Waals surface area contributed by atoms with Gasteiger partial charge >= 0.3 is 11.9 Å². The molecule has 0 spiro atoms. The van der Waals surface area contributed by atoms with Crippen molar-refractivity contribution in [2.45, 2.75) is 271 Å². The molecule has 10 nitrogen and oxygen atoms in total. The van der Waals surface area contributed by atoms with E-state index < -0.39 is 24.0 Å². The van der Waals surface area contributed by atoms with Gasteiger partial charge in [0.2, 0.25) is 11.8 Å². The number of rotatable bonds is 45. The number of hydrogen-bond acceptors (Lipinski definition) is 8. The van der Waals surface area contributed by atoms with Crippen molar-refractivity contribution in [2.75, 3.05) is 13.2 Å². The Bertz CT molecular complexity index is 1100. The number of Topliss-reactive ketones (excluding diaryl/α,β-unsaturated/α-hetero) is 2. The van der Waals surface area contributed by atoms with Gasteiger partial charge in [-0.05, 0) is 39.5 Å². The lowest BCUT2D eigenvalue weighted by atomic mass is 10.0. The first-order chi connectivity index (χ1) is 29.1. The third-order valence-electron chi connectivity index (χ3n) is 11.5. The fourth-order valence-electron chi connectivity index (χ4n) is 7.55. The Morgan fingerprint density at radius 3 is 1.05 bits per heavy atom. The zero-order valence-electron chi connectivity index (χ0n) is 39.3. The number of hydrogen-bond donors (Lipinski definition) is 2. The minimum absolute atomic E-state index is 0.0754. The molecule has 2 amide bonds. The number of carbonyl (C=O) groups is 6. The molecule has 0 saturated carbocycles. The summed E-state index contributed by atoms with van der Waals surface area (Å²) in [6.07, 6.45) is 38.3. The lowest BCUT2D eigenvalue weighted by Crippen LogP contribution is -2.42. The first-order valence-electron chi connectivity index (χ1n) is 25.0. The van der Waals surface area contributed by atoms with Gasteiger partial charge in [-0.2, -0.15) is 0 Å². The second kappa shape index (κ2) is 42.9. The molecule has 0 aliphatic rings. The maximum absolute atomic E-state index is 12.8. The van der Waals surface area contributed by atoms with Crippen molar-refractivity contribution in [3.8, 4) is 0 Å². The Labute approximate surface area is 367 Å². The number of nitrogens with one attached hydrogen (secondary N) is 2. The summed E-state index contributed by atoms with van der Waals surface area (Å²) in [7, 11) is 0. The van der Waals surface area contributed by atoms with E-state index >= 15 is 0 Å². The number of unbranched alkanes of at least 4 members (excludes halogenated alkanes) is 28. The van der Waals surface area contributed by atoms with Crippen LogP contribution in [0.1, 0.15) is 259 Å². The summed E-state index contributed by atoms with van der Waals surface area (Å²) in [5, 5.41) is 5.49. The van der Waals surface area contributed by atoms with E-state index in [1.807, 2.05) is 0 Å². The Kier molecular flexibility index (Phi) is 40.9. The fraction of sp³-hybridized carbons (Fsp3) is 0.880. The molecule has 0 heterocycles. The van der Waals surface area contributed by atoms with Gasteiger partial charge in [0, 0.05) is 25.7 Å². The maximum atomic E-state index is 12.8. The van der Waals surface area contributed by atoms with Crippen LogP contribution >= 0.6 is 0 Å². The van der Waals surface area contributed by atoms with E-state index in [1.165, 1.54) is 168 Å². The van der Waals surface area contributed by atoms with Crippen molar-refractivity contribution in [3.63, 3.8) is 0 Å². The number of amides is 2. The summed E-state index contributed by atoms with van der Waals surface area (Å²) in [6, 6.07) is -1.72. The molecule has 0 aromatic heterocycles. The molecule has 0 fully saturated rings. The van der Waals surface area contributed by atoms with Gasteiger partial charge in [0.25, 0.3) is 0 Å². The number of carbonyl (C=O) groups excluding carboxylic acids is 6. The molecule has 0 aliphatic heterocycles. The molecule has 0 aliphatic carbocycles. The minimum atomic E-state index is -0.956. The predicted octanol–water partition coefficient (Wildman–Crippen LogP) is 12.3. The number of ketones is 2. The highest BCUT2D eigenvalue weighted by molar-refractivity contribution is 5.88. The first kappa shape index (κ1) is 57.2. The van der Waals surface area contributed by atoms with Crippen molar-refractivity contribution < 1.29 is 38.2 Å². The summed E-state index contributed by atoms with van der Waals surface area (Å²) >= 11 is 0. The average Bonchev–Trinajstić information content (AvgIpc) is 3.22. The van der Waals surface area contributed by atoms with Crippen molar-refractivity contribution >= 4 is 35.3 Å². The van der Waals surface area contributed by atoms with Gasteiger partial charge in [-0.1, -0.05) is 194 Å². The van der Waals surface area contributed by atoms with Crippen LogP contribution in [0.3, 0.4) is 0 Å². The van der Waals surface area contributed by atoms with Crippen molar-refractivity contribution in [2.24, 2.45) is 0 Å². The third kappa shape index (κ3) is 39.4. The van der Waals surface area contributed by atoms with Crippen molar-refractivity contribution in [3.05, 3.63) is 0 Å².